The zero-order chi connectivity index (χ0) is 16.7. The first kappa shape index (κ1) is 17.4. The molecule has 1 N–H and O–H groups in total. The second-order valence-corrected chi connectivity index (χ2v) is 10.3. The van der Waals surface area contributed by atoms with Crippen molar-refractivity contribution in [3.8, 4) is 0 Å². The molecule has 5 heteroatoms. The summed E-state index contributed by atoms with van der Waals surface area (Å²) in [4.78, 5) is 12.6. The van der Waals surface area contributed by atoms with Crippen LogP contribution >= 0.6 is 0 Å². The predicted molar refractivity (Wildman–Crippen MR) is 91.6 cm³/mol. The lowest BCUT2D eigenvalue weighted by atomic mass is 9.70. The first-order valence-electron chi connectivity index (χ1n) is 9.30. The molecular formula is C18H31NO3S. The number of ketones is 1. The highest BCUT2D eigenvalue weighted by atomic mass is 32.2. The lowest BCUT2D eigenvalue weighted by Gasteiger charge is -2.36. The third-order valence-corrected chi connectivity index (χ3v) is 8.59. The maximum atomic E-state index is 12.8. The van der Waals surface area contributed by atoms with Gasteiger partial charge in [-0.1, -0.05) is 46.0 Å². The molecule has 3 saturated carbocycles. The summed E-state index contributed by atoms with van der Waals surface area (Å²) in [5, 5.41) is 0. The van der Waals surface area contributed by atoms with Gasteiger partial charge in [-0.05, 0) is 37.0 Å². The fraction of sp³-hybridized carbons (Fsp3) is 0.944. The minimum Gasteiger partial charge on any atom is -0.299 e. The fourth-order valence-corrected chi connectivity index (χ4v) is 7.46. The van der Waals surface area contributed by atoms with E-state index in [1.54, 1.807) is 0 Å². The number of hydrogen-bond donors (Lipinski definition) is 1. The highest BCUT2D eigenvalue weighted by Crippen LogP contribution is 2.64. The standard InChI is InChI=1S/C18H31NO3S/c1-17(2)14-10-11-18(17,16(20)12-14)13-23(21,22)19-15-8-6-4-3-5-7-9-15/h14-15,19H,3-13H2,1-2H3/t14-,18+/m1/s1. The summed E-state index contributed by atoms with van der Waals surface area (Å²) >= 11 is 0. The molecule has 23 heavy (non-hydrogen) atoms. The highest BCUT2D eigenvalue weighted by Gasteiger charge is 2.65. The second kappa shape index (κ2) is 6.14. The van der Waals surface area contributed by atoms with Crippen LogP contribution in [0.5, 0.6) is 0 Å². The van der Waals surface area contributed by atoms with Crippen LogP contribution in [-0.2, 0) is 14.8 Å². The molecule has 132 valence electrons. The van der Waals surface area contributed by atoms with Crippen LogP contribution in [0.1, 0.15) is 78.1 Å². The predicted octanol–water partition coefficient (Wildman–Crippen LogP) is 3.41. The van der Waals surface area contributed by atoms with Gasteiger partial charge in [0.25, 0.3) is 0 Å². The summed E-state index contributed by atoms with van der Waals surface area (Å²) < 4.78 is 28.6. The van der Waals surface area contributed by atoms with Crippen LogP contribution in [0.25, 0.3) is 0 Å². The quantitative estimate of drug-likeness (QED) is 0.852. The number of hydrogen-bond acceptors (Lipinski definition) is 3. The third-order valence-electron chi connectivity index (χ3n) is 7.03. The van der Waals surface area contributed by atoms with Crippen LogP contribution < -0.4 is 4.72 Å². The molecule has 0 amide bonds. The van der Waals surface area contributed by atoms with E-state index in [0.29, 0.717) is 12.3 Å². The first-order chi connectivity index (χ1) is 10.8. The van der Waals surface area contributed by atoms with Crippen LogP contribution in [0.2, 0.25) is 0 Å². The average Bonchev–Trinajstić information content (AvgIpc) is 2.75. The van der Waals surface area contributed by atoms with Crippen LogP contribution in [0.4, 0.5) is 0 Å². The molecule has 3 fully saturated rings. The van der Waals surface area contributed by atoms with Crippen molar-refractivity contribution in [2.75, 3.05) is 5.75 Å². The number of carbonyl (C=O) groups is 1. The molecular weight excluding hydrogens is 310 g/mol. The van der Waals surface area contributed by atoms with Gasteiger partial charge in [-0.25, -0.2) is 13.1 Å². The van der Waals surface area contributed by atoms with Gasteiger partial charge in [-0.3, -0.25) is 4.79 Å². The van der Waals surface area contributed by atoms with Crippen LogP contribution in [0.15, 0.2) is 0 Å². The molecule has 3 aliphatic rings. The maximum Gasteiger partial charge on any atom is 0.212 e. The summed E-state index contributed by atoms with van der Waals surface area (Å²) in [6.45, 7) is 4.20. The van der Waals surface area contributed by atoms with Crippen molar-refractivity contribution in [1.82, 2.24) is 4.72 Å². The number of Topliss-reactive ketones (excluding diaryl/α,β-unsaturated/α-hetero) is 1. The van der Waals surface area contributed by atoms with Crippen molar-refractivity contribution in [1.29, 1.82) is 0 Å². The smallest absolute Gasteiger partial charge is 0.212 e. The molecule has 0 aromatic carbocycles. The summed E-state index contributed by atoms with van der Waals surface area (Å²) in [5.74, 6) is 0.548. The van der Waals surface area contributed by atoms with Crippen molar-refractivity contribution < 1.29 is 13.2 Å². The monoisotopic (exact) mass is 341 g/mol. The normalized spacial score (nSPS) is 35.2. The maximum absolute atomic E-state index is 12.8. The van der Waals surface area contributed by atoms with E-state index in [-0.39, 0.29) is 23.0 Å². The van der Waals surface area contributed by atoms with Crippen molar-refractivity contribution in [3.05, 3.63) is 0 Å². The van der Waals surface area contributed by atoms with Gasteiger partial charge >= 0.3 is 0 Å². The van der Waals surface area contributed by atoms with E-state index in [9.17, 15) is 13.2 Å². The van der Waals surface area contributed by atoms with Crippen molar-refractivity contribution in [3.63, 3.8) is 0 Å². The van der Waals surface area contributed by atoms with Crippen molar-refractivity contribution >= 4 is 15.8 Å². The van der Waals surface area contributed by atoms with E-state index in [0.717, 1.165) is 38.5 Å². The van der Waals surface area contributed by atoms with Gasteiger partial charge in [0.05, 0.1) is 5.75 Å². The molecule has 4 nitrogen and oxygen atoms in total. The molecule has 3 aliphatic carbocycles. The van der Waals surface area contributed by atoms with Gasteiger partial charge in [-0.2, -0.15) is 0 Å². The second-order valence-electron chi connectivity index (χ2n) is 8.59. The molecule has 2 atom stereocenters. The van der Waals surface area contributed by atoms with Crippen LogP contribution in [-0.4, -0.2) is 26.0 Å². The minimum absolute atomic E-state index is 0.00116. The molecule has 0 aliphatic heterocycles. The highest BCUT2D eigenvalue weighted by molar-refractivity contribution is 7.89. The Labute approximate surface area is 140 Å². The van der Waals surface area contributed by atoms with Gasteiger partial charge in [0.15, 0.2) is 0 Å². The molecule has 0 aromatic heterocycles. The Hall–Kier alpha value is -0.420. The topological polar surface area (TPSA) is 63.2 Å². The first-order valence-corrected chi connectivity index (χ1v) is 11.0. The number of nitrogens with one attached hydrogen (secondary N) is 1. The minimum atomic E-state index is -3.41. The number of fused-ring (bicyclic) bond motifs is 2. The Morgan fingerprint density at radius 1 is 1.04 bits per heavy atom. The van der Waals surface area contributed by atoms with Gasteiger partial charge < -0.3 is 0 Å². The molecule has 0 aromatic rings. The Balaban J connectivity index is 1.72. The fourth-order valence-electron chi connectivity index (χ4n) is 5.30. The summed E-state index contributed by atoms with van der Waals surface area (Å²) in [6.07, 6.45) is 10.1. The molecule has 3 rings (SSSR count). The van der Waals surface area contributed by atoms with E-state index >= 15 is 0 Å². The van der Waals surface area contributed by atoms with Gasteiger partial charge in [0.1, 0.15) is 5.78 Å². The summed E-state index contributed by atoms with van der Waals surface area (Å²) in [7, 11) is -3.41. The number of sulfonamides is 1. The number of carbonyl (C=O) groups excluding carboxylic acids is 1. The molecule has 0 radical (unpaired) electrons. The van der Waals surface area contributed by atoms with Gasteiger partial charge in [0, 0.05) is 17.9 Å². The largest absolute Gasteiger partial charge is 0.299 e. The summed E-state index contributed by atoms with van der Waals surface area (Å²) in [5.41, 5.74) is -0.828. The van der Waals surface area contributed by atoms with Crippen molar-refractivity contribution in [2.24, 2.45) is 16.7 Å². The third kappa shape index (κ3) is 3.11. The molecule has 0 heterocycles. The van der Waals surface area contributed by atoms with Gasteiger partial charge in [-0.15, -0.1) is 0 Å². The van der Waals surface area contributed by atoms with Gasteiger partial charge in [0.2, 0.25) is 10.0 Å². The van der Waals surface area contributed by atoms with Crippen molar-refractivity contribution in [2.45, 2.75) is 84.1 Å². The molecule has 0 unspecified atom stereocenters. The molecule has 0 spiro atoms. The van der Waals surface area contributed by atoms with E-state index in [4.69, 9.17) is 0 Å². The van der Waals surface area contributed by atoms with E-state index < -0.39 is 15.4 Å². The summed E-state index contributed by atoms with van der Waals surface area (Å²) in [6, 6.07) is 0.0634. The molecule has 0 saturated heterocycles. The average molecular weight is 342 g/mol. The zero-order valence-electron chi connectivity index (χ0n) is 14.6. The Bertz CT molecular complexity index is 561. The lowest BCUT2D eigenvalue weighted by molar-refractivity contribution is -0.128. The Kier molecular flexibility index (Phi) is 4.65. The zero-order valence-corrected chi connectivity index (χ0v) is 15.4. The van der Waals surface area contributed by atoms with E-state index in [1.165, 1.54) is 19.3 Å². The van der Waals surface area contributed by atoms with Crippen LogP contribution in [0.3, 0.4) is 0 Å². The Morgan fingerprint density at radius 2 is 1.65 bits per heavy atom. The SMILES string of the molecule is CC1(C)[C@@H]2CC[C@]1(CS(=O)(=O)NC1CCCCCCC1)C(=O)C2. The Morgan fingerprint density at radius 3 is 2.17 bits per heavy atom. The van der Waals surface area contributed by atoms with E-state index in [2.05, 4.69) is 18.6 Å². The van der Waals surface area contributed by atoms with E-state index in [1.807, 2.05) is 0 Å². The lowest BCUT2D eigenvalue weighted by Crippen LogP contribution is -2.47. The molecule has 2 bridgehead atoms. The van der Waals surface area contributed by atoms with Crippen LogP contribution in [0, 0.1) is 16.7 Å². The number of rotatable bonds is 4.